The predicted octanol–water partition coefficient (Wildman–Crippen LogP) is -1.82. The van der Waals surface area contributed by atoms with Crippen molar-refractivity contribution in [3.8, 4) is 0 Å². The summed E-state index contributed by atoms with van der Waals surface area (Å²) in [4.78, 5) is 4.83. The number of imidazole rings is 2. The molecule has 1 saturated heterocycles. The van der Waals surface area contributed by atoms with E-state index in [2.05, 4.69) is 54.5 Å². The lowest BCUT2D eigenvalue weighted by Crippen LogP contribution is -3.00. The van der Waals surface area contributed by atoms with Gasteiger partial charge in [0.25, 0.3) is 0 Å². The van der Waals surface area contributed by atoms with Gasteiger partial charge in [-0.15, -0.1) is 0 Å². The molecular formula is C26H32Cl2N10. The van der Waals surface area contributed by atoms with Gasteiger partial charge in [0.15, 0.2) is 0 Å². The van der Waals surface area contributed by atoms with Crippen molar-refractivity contribution in [2.45, 2.75) is 0 Å². The minimum absolute atomic E-state index is 0. The lowest BCUT2D eigenvalue weighted by Gasteiger charge is -2.37. The molecule has 0 aliphatic carbocycles. The van der Waals surface area contributed by atoms with Crippen LogP contribution in [0.5, 0.6) is 0 Å². The van der Waals surface area contributed by atoms with E-state index in [1.807, 2.05) is 95.5 Å². The van der Waals surface area contributed by atoms with Gasteiger partial charge in [-0.1, -0.05) is 10.2 Å². The number of azo groups is 2. The summed E-state index contributed by atoms with van der Waals surface area (Å²) in [5.74, 6) is 1.60. The third-order valence-corrected chi connectivity index (χ3v) is 6.51. The van der Waals surface area contributed by atoms with Crippen molar-refractivity contribution < 1.29 is 33.9 Å². The molecule has 1 aliphatic heterocycles. The molecule has 10 nitrogen and oxygen atoms in total. The first-order chi connectivity index (χ1) is 17.5. The third-order valence-electron chi connectivity index (χ3n) is 6.51. The van der Waals surface area contributed by atoms with Crippen molar-refractivity contribution in [1.29, 1.82) is 0 Å². The van der Waals surface area contributed by atoms with Crippen molar-refractivity contribution >= 4 is 34.6 Å². The number of aromatic nitrogens is 4. The molecular weight excluding hydrogens is 523 g/mol. The molecule has 12 heteroatoms. The van der Waals surface area contributed by atoms with Crippen molar-refractivity contribution in [1.82, 2.24) is 9.13 Å². The van der Waals surface area contributed by atoms with Gasteiger partial charge >= 0.3 is 11.9 Å². The maximum absolute atomic E-state index is 4.39. The lowest BCUT2D eigenvalue weighted by molar-refractivity contribution is -0.657. The SMILES string of the molecule is Cn1cc[n+](C)c1/N=N/c1ccc(N2CCN(c3ccc(/N=N/c4n(C)cc[n+]4C)cc3)CC2)cc1.[Cl-].[Cl-]. The van der Waals surface area contributed by atoms with Gasteiger partial charge in [0, 0.05) is 47.8 Å². The van der Waals surface area contributed by atoms with Crippen LogP contribution in [-0.2, 0) is 28.2 Å². The third kappa shape index (κ3) is 6.38. The summed E-state index contributed by atoms with van der Waals surface area (Å²) in [6.07, 6.45) is 7.84. The molecule has 0 unspecified atom stereocenters. The predicted molar refractivity (Wildman–Crippen MR) is 139 cm³/mol. The Hall–Kier alpha value is -3.76. The Kier molecular flexibility index (Phi) is 9.60. The van der Waals surface area contributed by atoms with E-state index >= 15 is 0 Å². The fourth-order valence-electron chi connectivity index (χ4n) is 4.33. The summed E-state index contributed by atoms with van der Waals surface area (Å²) < 4.78 is 7.78. The quantitative estimate of drug-likeness (QED) is 0.208. The van der Waals surface area contributed by atoms with Crippen LogP contribution in [0.25, 0.3) is 0 Å². The Balaban J connectivity index is 0.00000200. The van der Waals surface area contributed by atoms with Crippen molar-refractivity contribution in [3.63, 3.8) is 0 Å². The molecule has 1 fully saturated rings. The smallest absolute Gasteiger partial charge is 0.421 e. The molecule has 200 valence electrons. The van der Waals surface area contributed by atoms with E-state index in [-0.39, 0.29) is 24.8 Å². The number of nitrogens with zero attached hydrogens (tertiary/aromatic N) is 10. The molecule has 5 rings (SSSR count). The highest BCUT2D eigenvalue weighted by molar-refractivity contribution is 5.56. The number of aryl methyl sites for hydroxylation is 4. The van der Waals surface area contributed by atoms with Gasteiger partial charge in [-0.2, -0.15) is 0 Å². The highest BCUT2D eigenvalue weighted by atomic mass is 35.5. The largest absolute Gasteiger partial charge is 1.00 e. The van der Waals surface area contributed by atoms with Crippen LogP contribution in [0.15, 0.2) is 93.8 Å². The van der Waals surface area contributed by atoms with Crippen LogP contribution in [-0.4, -0.2) is 35.3 Å². The van der Waals surface area contributed by atoms with E-state index < -0.39 is 0 Å². The molecule has 0 bridgehead atoms. The molecule has 38 heavy (non-hydrogen) atoms. The van der Waals surface area contributed by atoms with Crippen LogP contribution in [0, 0.1) is 0 Å². The number of piperazine rings is 1. The Bertz CT molecular complexity index is 1240. The summed E-state index contributed by atoms with van der Waals surface area (Å²) in [5, 5.41) is 17.5. The lowest BCUT2D eigenvalue weighted by atomic mass is 10.2. The number of anilines is 2. The van der Waals surface area contributed by atoms with Gasteiger partial charge in [0.2, 0.25) is 0 Å². The Morgan fingerprint density at radius 1 is 0.553 bits per heavy atom. The number of benzene rings is 2. The Morgan fingerprint density at radius 3 is 1.18 bits per heavy atom. The monoisotopic (exact) mass is 554 g/mol. The molecule has 0 N–H and O–H groups in total. The molecule has 2 aromatic carbocycles. The summed E-state index contributed by atoms with van der Waals surface area (Å²) in [7, 11) is 7.84. The van der Waals surface area contributed by atoms with E-state index in [9.17, 15) is 0 Å². The normalized spacial score (nSPS) is 13.7. The average Bonchev–Trinajstić information content (AvgIpc) is 3.41. The van der Waals surface area contributed by atoms with Gasteiger partial charge in [-0.3, -0.25) is 0 Å². The van der Waals surface area contributed by atoms with E-state index in [0.717, 1.165) is 49.5 Å². The van der Waals surface area contributed by atoms with Crippen molar-refractivity contribution in [3.05, 3.63) is 73.3 Å². The van der Waals surface area contributed by atoms with Crippen LogP contribution in [0.2, 0.25) is 0 Å². The van der Waals surface area contributed by atoms with Crippen LogP contribution in [0.3, 0.4) is 0 Å². The molecule has 2 aromatic heterocycles. The second kappa shape index (κ2) is 12.7. The molecule has 0 amide bonds. The zero-order chi connectivity index (χ0) is 25.1. The van der Waals surface area contributed by atoms with Crippen LogP contribution >= 0.6 is 0 Å². The fraction of sp³-hybridized carbons (Fsp3) is 0.308. The molecule has 0 saturated carbocycles. The average molecular weight is 556 g/mol. The number of hydrogen-bond acceptors (Lipinski definition) is 6. The zero-order valence-electron chi connectivity index (χ0n) is 22.0. The fourth-order valence-corrected chi connectivity index (χ4v) is 4.33. The van der Waals surface area contributed by atoms with Crippen molar-refractivity contribution in [2.24, 2.45) is 48.6 Å². The first-order valence-electron chi connectivity index (χ1n) is 12.0. The minimum Gasteiger partial charge on any atom is -1.00 e. The molecule has 4 aromatic rings. The number of halogens is 2. The van der Waals surface area contributed by atoms with Gasteiger partial charge < -0.3 is 34.6 Å². The Morgan fingerprint density at radius 2 is 0.895 bits per heavy atom. The second-order valence-electron chi connectivity index (χ2n) is 9.05. The maximum Gasteiger partial charge on any atom is 0.421 e. The molecule has 0 spiro atoms. The molecule has 0 radical (unpaired) electrons. The minimum atomic E-state index is 0. The number of hydrogen-bond donors (Lipinski definition) is 0. The highest BCUT2D eigenvalue weighted by Gasteiger charge is 2.18. The summed E-state index contributed by atoms with van der Waals surface area (Å²) in [6.45, 7) is 3.86. The van der Waals surface area contributed by atoms with E-state index in [1.165, 1.54) is 11.4 Å². The maximum atomic E-state index is 4.39. The van der Waals surface area contributed by atoms with Gasteiger partial charge in [0.05, 0.1) is 53.0 Å². The Labute approximate surface area is 235 Å². The summed E-state index contributed by atoms with van der Waals surface area (Å²) >= 11 is 0. The van der Waals surface area contributed by atoms with Crippen LogP contribution in [0.4, 0.5) is 34.6 Å². The molecule has 3 heterocycles. The van der Waals surface area contributed by atoms with E-state index in [4.69, 9.17) is 0 Å². The first kappa shape index (κ1) is 28.8. The van der Waals surface area contributed by atoms with E-state index in [1.54, 1.807) is 0 Å². The summed E-state index contributed by atoms with van der Waals surface area (Å²) in [5.41, 5.74) is 4.11. The standard InChI is InChI=1S/C26H32N10.2ClH/c1-31-13-14-32(2)25(31)29-27-21-5-9-23(10-6-21)35-17-19-36(20-18-35)24-11-7-22(8-12-24)28-30-26-33(3)15-16-34(26)4;;/h5-16H,17-20H2,1-4H3;2*1H/q+2;;/p-2. The molecule has 1 aliphatic rings. The van der Waals surface area contributed by atoms with Gasteiger partial charge in [0.1, 0.15) is 11.4 Å². The van der Waals surface area contributed by atoms with Crippen LogP contribution < -0.4 is 43.7 Å². The summed E-state index contributed by atoms with van der Waals surface area (Å²) in [6, 6.07) is 16.6. The van der Waals surface area contributed by atoms with Crippen LogP contribution in [0.1, 0.15) is 0 Å². The topological polar surface area (TPSA) is 73.5 Å². The number of rotatable bonds is 6. The first-order valence-corrected chi connectivity index (χ1v) is 12.0. The highest BCUT2D eigenvalue weighted by Crippen LogP contribution is 2.25. The van der Waals surface area contributed by atoms with E-state index in [0.29, 0.717) is 0 Å². The van der Waals surface area contributed by atoms with Gasteiger partial charge in [-0.05, 0) is 48.5 Å². The second-order valence-corrected chi connectivity index (χ2v) is 9.05. The van der Waals surface area contributed by atoms with Crippen molar-refractivity contribution in [2.75, 3.05) is 36.0 Å². The zero-order valence-corrected chi connectivity index (χ0v) is 23.5. The van der Waals surface area contributed by atoms with Gasteiger partial charge in [-0.25, -0.2) is 18.3 Å². The molecule has 0 atom stereocenters.